The molecule has 0 aromatic heterocycles. The highest BCUT2D eigenvalue weighted by Gasteiger charge is 2.06. The molecular formula is C15H11BrN2O2. The summed E-state index contributed by atoms with van der Waals surface area (Å²) in [6.07, 6.45) is 1.30. The standard InChI is InChI=1S/C15H11BrN2O2/c16-14-5-6-15(13(7-14)9-18-19)20-10-12-4-2-1-3-11(12)8-17/h1-7,9,19H,10H2. The second-order valence-electron chi connectivity index (χ2n) is 3.98. The van der Waals surface area contributed by atoms with Crippen molar-refractivity contribution in [3.63, 3.8) is 0 Å². The summed E-state index contributed by atoms with van der Waals surface area (Å²) in [5.41, 5.74) is 2.04. The number of oxime groups is 1. The maximum atomic E-state index is 9.02. The molecule has 2 aromatic rings. The molecule has 0 aliphatic carbocycles. The lowest BCUT2D eigenvalue weighted by molar-refractivity contribution is 0.304. The number of ether oxygens (including phenoxy) is 1. The zero-order valence-corrected chi connectivity index (χ0v) is 12.0. The van der Waals surface area contributed by atoms with E-state index in [1.165, 1.54) is 6.21 Å². The average molecular weight is 331 g/mol. The van der Waals surface area contributed by atoms with Crippen LogP contribution in [0.2, 0.25) is 0 Å². The summed E-state index contributed by atoms with van der Waals surface area (Å²) in [6.45, 7) is 0.275. The summed E-state index contributed by atoms with van der Waals surface area (Å²) in [4.78, 5) is 0. The van der Waals surface area contributed by atoms with Crippen LogP contribution >= 0.6 is 15.9 Å². The van der Waals surface area contributed by atoms with E-state index in [1.807, 2.05) is 24.3 Å². The Morgan fingerprint density at radius 2 is 2.10 bits per heavy atom. The van der Waals surface area contributed by atoms with E-state index >= 15 is 0 Å². The number of halogens is 1. The van der Waals surface area contributed by atoms with Crippen LogP contribution in [-0.4, -0.2) is 11.4 Å². The highest BCUT2D eigenvalue weighted by molar-refractivity contribution is 9.10. The molecule has 2 rings (SSSR count). The number of hydrogen-bond acceptors (Lipinski definition) is 4. The van der Waals surface area contributed by atoms with Gasteiger partial charge in [0.05, 0.1) is 17.8 Å². The maximum Gasteiger partial charge on any atom is 0.128 e. The van der Waals surface area contributed by atoms with Gasteiger partial charge in [0.15, 0.2) is 0 Å². The maximum absolute atomic E-state index is 9.02. The zero-order valence-electron chi connectivity index (χ0n) is 10.5. The lowest BCUT2D eigenvalue weighted by atomic mass is 10.1. The third kappa shape index (κ3) is 3.37. The van der Waals surface area contributed by atoms with Gasteiger partial charge in [0.25, 0.3) is 0 Å². The molecule has 0 saturated heterocycles. The fourth-order valence-electron chi connectivity index (χ4n) is 1.72. The molecule has 0 fully saturated rings. The van der Waals surface area contributed by atoms with Crippen LogP contribution in [0, 0.1) is 11.3 Å². The Kier molecular flexibility index (Phi) is 4.75. The van der Waals surface area contributed by atoms with Crippen LogP contribution in [0.1, 0.15) is 16.7 Å². The van der Waals surface area contributed by atoms with Crippen molar-refractivity contribution in [3.05, 3.63) is 63.6 Å². The predicted octanol–water partition coefficient (Wildman–Crippen LogP) is 3.71. The van der Waals surface area contributed by atoms with Crippen molar-refractivity contribution >= 4 is 22.1 Å². The van der Waals surface area contributed by atoms with E-state index in [1.54, 1.807) is 18.2 Å². The summed E-state index contributed by atoms with van der Waals surface area (Å²) in [6, 6.07) is 14.8. The van der Waals surface area contributed by atoms with Crippen molar-refractivity contribution in [2.45, 2.75) is 6.61 Å². The van der Waals surface area contributed by atoms with Crippen molar-refractivity contribution in [3.8, 4) is 11.8 Å². The predicted molar refractivity (Wildman–Crippen MR) is 79.0 cm³/mol. The summed E-state index contributed by atoms with van der Waals surface area (Å²) in [7, 11) is 0. The van der Waals surface area contributed by atoms with Crippen molar-refractivity contribution in [2.24, 2.45) is 5.16 Å². The van der Waals surface area contributed by atoms with Crippen LogP contribution in [0.5, 0.6) is 5.75 Å². The molecule has 0 aliphatic rings. The van der Waals surface area contributed by atoms with Crippen LogP contribution in [-0.2, 0) is 6.61 Å². The molecule has 2 aromatic carbocycles. The molecule has 100 valence electrons. The van der Waals surface area contributed by atoms with Gasteiger partial charge in [-0.3, -0.25) is 0 Å². The van der Waals surface area contributed by atoms with E-state index < -0.39 is 0 Å². The summed E-state index contributed by atoms with van der Waals surface area (Å²) in [5, 5.41) is 20.7. The Labute approximate surface area is 125 Å². The van der Waals surface area contributed by atoms with E-state index in [0.29, 0.717) is 16.9 Å². The van der Waals surface area contributed by atoms with Crippen LogP contribution in [0.4, 0.5) is 0 Å². The largest absolute Gasteiger partial charge is 0.488 e. The summed E-state index contributed by atoms with van der Waals surface area (Å²) >= 11 is 3.34. The Bertz CT molecular complexity index is 678. The van der Waals surface area contributed by atoms with Gasteiger partial charge < -0.3 is 9.94 Å². The van der Waals surface area contributed by atoms with Gasteiger partial charge in [-0.1, -0.05) is 39.3 Å². The molecule has 0 amide bonds. The molecule has 1 N–H and O–H groups in total. The van der Waals surface area contributed by atoms with Crippen LogP contribution in [0.3, 0.4) is 0 Å². The molecule has 0 spiro atoms. The summed E-state index contributed by atoms with van der Waals surface area (Å²) in [5.74, 6) is 0.582. The number of hydrogen-bond donors (Lipinski definition) is 1. The average Bonchev–Trinajstić information content (AvgIpc) is 2.47. The monoisotopic (exact) mass is 330 g/mol. The van der Waals surface area contributed by atoms with E-state index in [2.05, 4.69) is 27.2 Å². The Morgan fingerprint density at radius 3 is 2.85 bits per heavy atom. The normalized spacial score (nSPS) is 10.4. The minimum atomic E-state index is 0.275. The highest BCUT2D eigenvalue weighted by Crippen LogP contribution is 2.23. The fourth-order valence-corrected chi connectivity index (χ4v) is 2.10. The van der Waals surface area contributed by atoms with Gasteiger partial charge >= 0.3 is 0 Å². The van der Waals surface area contributed by atoms with Gasteiger partial charge in [0.1, 0.15) is 12.4 Å². The molecule has 0 atom stereocenters. The zero-order chi connectivity index (χ0) is 14.4. The van der Waals surface area contributed by atoms with E-state index in [-0.39, 0.29) is 6.61 Å². The van der Waals surface area contributed by atoms with E-state index in [4.69, 9.17) is 15.2 Å². The first-order valence-corrected chi connectivity index (χ1v) is 6.61. The number of nitriles is 1. The molecule has 0 unspecified atom stereocenters. The van der Waals surface area contributed by atoms with Gasteiger partial charge in [0.2, 0.25) is 0 Å². The molecule has 5 heteroatoms. The quantitative estimate of drug-likeness (QED) is 0.528. The van der Waals surface area contributed by atoms with Gasteiger partial charge in [-0.25, -0.2) is 0 Å². The topological polar surface area (TPSA) is 65.6 Å². The smallest absolute Gasteiger partial charge is 0.128 e. The molecule has 0 heterocycles. The Morgan fingerprint density at radius 1 is 1.30 bits per heavy atom. The Hall–Kier alpha value is -2.32. The first-order valence-electron chi connectivity index (χ1n) is 5.82. The van der Waals surface area contributed by atoms with Gasteiger partial charge in [-0.05, 0) is 24.3 Å². The minimum Gasteiger partial charge on any atom is -0.488 e. The SMILES string of the molecule is N#Cc1ccccc1COc1ccc(Br)cc1C=NO. The Balaban J connectivity index is 2.21. The summed E-state index contributed by atoms with van der Waals surface area (Å²) < 4.78 is 6.56. The van der Waals surface area contributed by atoms with Gasteiger partial charge in [-0.15, -0.1) is 0 Å². The van der Waals surface area contributed by atoms with Crippen LogP contribution in [0.15, 0.2) is 52.1 Å². The molecular weight excluding hydrogens is 320 g/mol. The van der Waals surface area contributed by atoms with Crippen molar-refractivity contribution < 1.29 is 9.94 Å². The van der Waals surface area contributed by atoms with E-state index in [9.17, 15) is 0 Å². The minimum absolute atomic E-state index is 0.275. The fraction of sp³-hybridized carbons (Fsp3) is 0.0667. The van der Waals surface area contributed by atoms with Gasteiger partial charge in [0, 0.05) is 15.6 Å². The first kappa shape index (κ1) is 14.1. The third-order valence-corrected chi connectivity index (χ3v) is 3.18. The van der Waals surface area contributed by atoms with Crippen molar-refractivity contribution in [1.82, 2.24) is 0 Å². The third-order valence-electron chi connectivity index (χ3n) is 2.69. The van der Waals surface area contributed by atoms with Gasteiger partial charge in [-0.2, -0.15) is 5.26 Å². The lowest BCUT2D eigenvalue weighted by Gasteiger charge is -2.10. The second kappa shape index (κ2) is 6.73. The lowest BCUT2D eigenvalue weighted by Crippen LogP contribution is -2.00. The number of rotatable bonds is 4. The van der Waals surface area contributed by atoms with Crippen molar-refractivity contribution in [2.75, 3.05) is 0 Å². The molecule has 4 nitrogen and oxygen atoms in total. The molecule has 0 aliphatic heterocycles. The van der Waals surface area contributed by atoms with Crippen LogP contribution in [0.25, 0.3) is 0 Å². The molecule has 0 bridgehead atoms. The number of benzene rings is 2. The van der Waals surface area contributed by atoms with Crippen LogP contribution < -0.4 is 4.74 Å². The molecule has 0 radical (unpaired) electrons. The number of nitrogens with zero attached hydrogens (tertiary/aromatic N) is 2. The molecule has 20 heavy (non-hydrogen) atoms. The van der Waals surface area contributed by atoms with E-state index in [0.717, 1.165) is 10.0 Å². The van der Waals surface area contributed by atoms with Crippen molar-refractivity contribution in [1.29, 1.82) is 5.26 Å². The first-order chi connectivity index (χ1) is 9.74. The molecule has 0 saturated carbocycles. The highest BCUT2D eigenvalue weighted by atomic mass is 79.9. The second-order valence-corrected chi connectivity index (χ2v) is 4.90.